The van der Waals surface area contributed by atoms with Gasteiger partial charge in [-0.3, -0.25) is 0 Å². The summed E-state index contributed by atoms with van der Waals surface area (Å²) in [5, 5.41) is 28.2. The van der Waals surface area contributed by atoms with E-state index in [1.807, 2.05) is 0 Å². The maximum absolute atomic E-state index is 9.68. The van der Waals surface area contributed by atoms with Gasteiger partial charge in [0.05, 0.1) is 18.6 Å². The van der Waals surface area contributed by atoms with Gasteiger partial charge in [-0.15, -0.1) is 0 Å². The van der Waals surface area contributed by atoms with Gasteiger partial charge in [0.1, 0.15) is 6.10 Å². The Kier molecular flexibility index (Phi) is 4.37. The molecule has 0 aromatic heterocycles. The maximum atomic E-state index is 9.68. The minimum Gasteiger partial charge on any atom is -0.389 e. The van der Waals surface area contributed by atoms with E-state index in [0.717, 1.165) is 0 Å². The third-order valence-corrected chi connectivity index (χ3v) is 2.52. The molecule has 0 heterocycles. The van der Waals surface area contributed by atoms with Gasteiger partial charge in [-0.05, 0) is 18.2 Å². The summed E-state index contributed by atoms with van der Waals surface area (Å²) in [4.78, 5) is 0. The summed E-state index contributed by atoms with van der Waals surface area (Å²) in [7, 11) is 0. The number of aliphatic hydroxyl groups excluding tert-OH is 2. The average Bonchev–Trinajstić information content (AvgIpc) is 2.21. The van der Waals surface area contributed by atoms with Gasteiger partial charge in [-0.2, -0.15) is 5.26 Å². The van der Waals surface area contributed by atoms with Crippen LogP contribution in [0.5, 0.6) is 0 Å². The molecule has 0 saturated heterocycles. The fraction of sp³-hybridized carbons (Fsp3) is 0.300. The molecule has 15 heavy (non-hydrogen) atoms. The van der Waals surface area contributed by atoms with E-state index in [4.69, 9.17) is 28.5 Å². The first kappa shape index (κ1) is 12.3. The summed E-state index contributed by atoms with van der Waals surface area (Å²) in [5.74, 6) is 0. The number of rotatable bonds is 3. The summed E-state index contributed by atoms with van der Waals surface area (Å²) >= 11 is 11.5. The van der Waals surface area contributed by atoms with Crippen molar-refractivity contribution in [2.45, 2.75) is 18.6 Å². The van der Waals surface area contributed by atoms with Gasteiger partial charge in [0.25, 0.3) is 0 Å². The van der Waals surface area contributed by atoms with Gasteiger partial charge in [-0.25, -0.2) is 0 Å². The van der Waals surface area contributed by atoms with Crippen LogP contribution in [0.1, 0.15) is 18.1 Å². The molecule has 2 unspecified atom stereocenters. The fourth-order valence-corrected chi connectivity index (χ4v) is 1.56. The van der Waals surface area contributed by atoms with Crippen LogP contribution < -0.4 is 0 Å². The van der Waals surface area contributed by atoms with Gasteiger partial charge in [0.15, 0.2) is 0 Å². The number of nitriles is 1. The van der Waals surface area contributed by atoms with Crippen molar-refractivity contribution >= 4 is 23.2 Å². The lowest BCUT2D eigenvalue weighted by Gasteiger charge is -2.16. The van der Waals surface area contributed by atoms with Crippen molar-refractivity contribution < 1.29 is 10.2 Å². The highest BCUT2D eigenvalue weighted by Crippen LogP contribution is 2.28. The van der Waals surface area contributed by atoms with Crippen molar-refractivity contribution in [2.24, 2.45) is 0 Å². The molecule has 0 amide bonds. The van der Waals surface area contributed by atoms with E-state index in [1.54, 1.807) is 12.1 Å². The minimum atomic E-state index is -1.20. The Morgan fingerprint density at radius 1 is 1.33 bits per heavy atom. The van der Waals surface area contributed by atoms with E-state index < -0.39 is 12.2 Å². The number of hydrogen-bond donors (Lipinski definition) is 2. The van der Waals surface area contributed by atoms with Gasteiger partial charge >= 0.3 is 0 Å². The van der Waals surface area contributed by atoms with Crippen molar-refractivity contribution in [3.05, 3.63) is 33.8 Å². The molecule has 0 saturated carbocycles. The lowest BCUT2D eigenvalue weighted by Crippen LogP contribution is -2.17. The third kappa shape index (κ3) is 3.08. The van der Waals surface area contributed by atoms with E-state index in [1.165, 1.54) is 12.1 Å². The summed E-state index contributed by atoms with van der Waals surface area (Å²) in [6.45, 7) is 0. The van der Waals surface area contributed by atoms with Crippen molar-refractivity contribution in [1.82, 2.24) is 0 Å². The third-order valence-electron chi connectivity index (χ3n) is 1.94. The van der Waals surface area contributed by atoms with Gasteiger partial charge < -0.3 is 10.2 Å². The Labute approximate surface area is 97.5 Å². The molecular formula is C10H9Cl2NO2. The number of benzene rings is 1. The van der Waals surface area contributed by atoms with Crippen LogP contribution in [-0.2, 0) is 0 Å². The molecule has 2 atom stereocenters. The van der Waals surface area contributed by atoms with Gasteiger partial charge in [0.2, 0.25) is 0 Å². The molecule has 3 nitrogen and oxygen atoms in total. The Balaban J connectivity index is 2.95. The van der Waals surface area contributed by atoms with Crippen LogP contribution in [0, 0.1) is 11.3 Å². The van der Waals surface area contributed by atoms with E-state index in [0.29, 0.717) is 15.6 Å². The van der Waals surface area contributed by atoms with Crippen LogP contribution in [-0.4, -0.2) is 16.3 Å². The van der Waals surface area contributed by atoms with Crippen LogP contribution in [0.2, 0.25) is 10.0 Å². The predicted molar refractivity (Wildman–Crippen MR) is 57.7 cm³/mol. The maximum Gasteiger partial charge on any atom is 0.107 e. The Morgan fingerprint density at radius 2 is 2.00 bits per heavy atom. The lowest BCUT2D eigenvalue weighted by atomic mass is 10.0. The van der Waals surface area contributed by atoms with Crippen LogP contribution in [0.4, 0.5) is 0 Å². The van der Waals surface area contributed by atoms with Crippen molar-refractivity contribution in [1.29, 1.82) is 5.26 Å². The van der Waals surface area contributed by atoms with E-state index in [2.05, 4.69) is 0 Å². The normalized spacial score (nSPS) is 14.3. The predicted octanol–water partition coefficient (Wildman–Crippen LogP) is 2.30. The van der Waals surface area contributed by atoms with E-state index >= 15 is 0 Å². The summed E-state index contributed by atoms with van der Waals surface area (Å²) in [6, 6.07) is 6.34. The highest BCUT2D eigenvalue weighted by atomic mass is 35.5. The lowest BCUT2D eigenvalue weighted by molar-refractivity contribution is 0.0217. The molecule has 1 aromatic carbocycles. The Hall–Kier alpha value is -0.790. The first-order valence-electron chi connectivity index (χ1n) is 4.24. The van der Waals surface area contributed by atoms with Crippen LogP contribution >= 0.6 is 23.2 Å². The SMILES string of the molecule is N#CCC(O)C(O)c1cc(Cl)ccc1Cl. The van der Waals surface area contributed by atoms with Crippen molar-refractivity contribution in [3.8, 4) is 6.07 Å². The summed E-state index contributed by atoms with van der Waals surface area (Å²) < 4.78 is 0. The monoisotopic (exact) mass is 245 g/mol. The highest BCUT2D eigenvalue weighted by molar-refractivity contribution is 6.33. The minimum absolute atomic E-state index is 0.163. The number of halogens is 2. The molecule has 80 valence electrons. The van der Waals surface area contributed by atoms with Gasteiger partial charge in [-0.1, -0.05) is 23.2 Å². The van der Waals surface area contributed by atoms with Crippen LogP contribution in [0.3, 0.4) is 0 Å². The zero-order valence-corrected chi connectivity index (χ0v) is 9.20. The standard InChI is InChI=1S/C10H9Cl2NO2/c11-6-1-2-8(12)7(5-6)10(15)9(14)3-4-13/h1-2,5,9-10,14-15H,3H2. The largest absolute Gasteiger partial charge is 0.389 e. The number of nitrogens with zero attached hydrogens (tertiary/aromatic N) is 1. The van der Waals surface area contributed by atoms with Crippen LogP contribution in [0.15, 0.2) is 18.2 Å². The van der Waals surface area contributed by atoms with Crippen molar-refractivity contribution in [2.75, 3.05) is 0 Å². The molecule has 5 heteroatoms. The Bertz CT molecular complexity index is 389. The zero-order valence-electron chi connectivity index (χ0n) is 7.69. The molecule has 0 fully saturated rings. The molecule has 2 N–H and O–H groups in total. The second-order valence-corrected chi connectivity index (χ2v) is 3.88. The quantitative estimate of drug-likeness (QED) is 0.859. The molecule has 0 spiro atoms. The first-order chi connectivity index (χ1) is 7.06. The van der Waals surface area contributed by atoms with Gasteiger partial charge in [0, 0.05) is 15.6 Å². The highest BCUT2D eigenvalue weighted by Gasteiger charge is 2.20. The molecule has 1 aromatic rings. The van der Waals surface area contributed by atoms with Crippen molar-refractivity contribution in [3.63, 3.8) is 0 Å². The molecule has 0 aliphatic rings. The summed E-state index contributed by atoms with van der Waals surface area (Å²) in [6.07, 6.45) is -2.52. The molecular weight excluding hydrogens is 237 g/mol. The smallest absolute Gasteiger partial charge is 0.107 e. The zero-order chi connectivity index (χ0) is 11.4. The molecule has 0 bridgehead atoms. The number of hydrogen-bond acceptors (Lipinski definition) is 3. The molecule has 0 radical (unpaired) electrons. The topological polar surface area (TPSA) is 64.2 Å². The summed E-state index contributed by atoms with van der Waals surface area (Å²) in [5.41, 5.74) is 0.326. The molecule has 1 rings (SSSR count). The first-order valence-corrected chi connectivity index (χ1v) is 5.00. The van der Waals surface area contributed by atoms with E-state index in [9.17, 15) is 10.2 Å². The second-order valence-electron chi connectivity index (χ2n) is 3.04. The fourth-order valence-electron chi connectivity index (χ4n) is 1.15. The van der Waals surface area contributed by atoms with E-state index in [-0.39, 0.29) is 6.42 Å². The molecule has 0 aliphatic carbocycles. The second kappa shape index (κ2) is 5.34. The average molecular weight is 246 g/mol. The molecule has 0 aliphatic heterocycles. The number of aliphatic hydroxyl groups is 2. The Morgan fingerprint density at radius 3 is 2.60 bits per heavy atom. The van der Waals surface area contributed by atoms with Crippen LogP contribution in [0.25, 0.3) is 0 Å².